The van der Waals surface area contributed by atoms with Crippen molar-refractivity contribution in [3.63, 3.8) is 0 Å². The second-order valence-electron chi connectivity index (χ2n) is 2.25. The average Bonchev–Trinajstić information content (AvgIpc) is 2.05. The van der Waals surface area contributed by atoms with Crippen LogP contribution in [0.15, 0.2) is 30.3 Å². The molecule has 0 fully saturated rings. The maximum absolute atomic E-state index is 5.34. The minimum Gasteiger partial charge on any atom is -0.489 e. The van der Waals surface area contributed by atoms with Gasteiger partial charge in [0.1, 0.15) is 12.4 Å². The Morgan fingerprint density at radius 2 is 1.92 bits per heavy atom. The Morgan fingerprint density at radius 1 is 1.17 bits per heavy atom. The van der Waals surface area contributed by atoms with Crippen LogP contribution in [0.25, 0.3) is 6.08 Å². The summed E-state index contributed by atoms with van der Waals surface area (Å²) in [5.41, 5.74) is 1.17. The Morgan fingerprint density at radius 3 is 2.67 bits per heavy atom. The molecule has 1 aromatic carbocycles. The normalized spacial score (nSPS) is 11.7. The van der Waals surface area contributed by atoms with E-state index >= 15 is 0 Å². The Labute approximate surface area is 108 Å². The Bertz CT molecular complexity index is 273. The van der Waals surface area contributed by atoms with Gasteiger partial charge in [0.2, 0.25) is 0 Å². The third-order valence-corrected chi connectivity index (χ3v) is 1.55. The predicted molar refractivity (Wildman–Crippen MR) is 50.9 cm³/mol. The van der Waals surface area contributed by atoms with E-state index in [9.17, 15) is 0 Å². The molecule has 1 aliphatic rings. The van der Waals surface area contributed by atoms with Crippen LogP contribution in [-0.4, -0.2) is 24.0 Å². The minimum absolute atomic E-state index is 0. The molecule has 1 aliphatic heterocycles. The Kier molecular flexibility index (Phi) is 6.14. The summed E-state index contributed by atoms with van der Waals surface area (Å²) in [6.45, 7) is 0.705. The molecule has 0 aliphatic carbocycles. The van der Waals surface area contributed by atoms with Crippen molar-refractivity contribution in [2.45, 2.75) is 0 Å². The second-order valence-corrected chi connectivity index (χ2v) is 2.25. The van der Waals surface area contributed by atoms with Gasteiger partial charge in [0.05, 0.1) is 0 Å². The van der Waals surface area contributed by atoms with Crippen LogP contribution in [0.1, 0.15) is 5.56 Å². The fourth-order valence-corrected chi connectivity index (χ4v) is 1.06. The van der Waals surface area contributed by atoms with Crippen molar-refractivity contribution in [3.05, 3.63) is 35.9 Å². The molecule has 0 spiro atoms. The van der Waals surface area contributed by atoms with E-state index in [0.717, 1.165) is 5.75 Å². The zero-order valence-electron chi connectivity index (χ0n) is 6.16. The molecule has 3 heteroatoms. The van der Waals surface area contributed by atoms with Crippen LogP contribution in [0, 0.1) is 0 Å². The van der Waals surface area contributed by atoms with E-state index in [4.69, 9.17) is 4.74 Å². The van der Waals surface area contributed by atoms with Crippen LogP contribution in [0.5, 0.6) is 5.75 Å². The third kappa shape index (κ3) is 2.71. The van der Waals surface area contributed by atoms with Crippen molar-refractivity contribution in [2.75, 3.05) is 6.61 Å². The summed E-state index contributed by atoms with van der Waals surface area (Å²) in [6.07, 6.45) is 4.10. The Balaban J connectivity index is 0.000000605. The van der Waals surface area contributed by atoms with E-state index in [1.54, 1.807) is 0 Å². The molecule has 0 bridgehead atoms. The molecule has 59 valence electrons. The molecular weight excluding hydrogens is 240 g/mol. The van der Waals surface area contributed by atoms with Gasteiger partial charge in [0.25, 0.3) is 0 Å². The molecule has 1 nitrogen and oxygen atoms in total. The van der Waals surface area contributed by atoms with E-state index in [1.807, 2.05) is 30.3 Å². The van der Waals surface area contributed by atoms with Gasteiger partial charge in [-0.05, 0) is 12.1 Å². The van der Waals surface area contributed by atoms with Gasteiger partial charge in [-0.2, -0.15) is 0 Å². The number of hydrogen-bond acceptors (Lipinski definition) is 1. The van der Waals surface area contributed by atoms with Gasteiger partial charge in [-0.15, -0.1) is 0 Å². The van der Waals surface area contributed by atoms with Crippen LogP contribution in [0.4, 0.5) is 0 Å². The van der Waals surface area contributed by atoms with E-state index in [1.165, 1.54) is 5.56 Å². The molecule has 0 saturated heterocycles. The largest absolute Gasteiger partial charge is 0.489 e. The number of hydrogen-bond donors (Lipinski definition) is 0. The van der Waals surface area contributed by atoms with Crippen LogP contribution in [0.2, 0.25) is 0 Å². The zero-order valence-corrected chi connectivity index (χ0v) is 9.00. The fraction of sp³-hybridized carbons (Fsp3) is 0.111. The molecule has 1 heterocycles. The number of ether oxygens (including phenoxy) is 1. The summed E-state index contributed by atoms with van der Waals surface area (Å²) in [5, 5.41) is 0. The summed E-state index contributed by atoms with van der Waals surface area (Å²) >= 11 is 0. The third-order valence-electron chi connectivity index (χ3n) is 1.55. The van der Waals surface area contributed by atoms with Crippen molar-refractivity contribution < 1.29 is 37.4 Å². The van der Waals surface area contributed by atoms with Gasteiger partial charge in [-0.25, -0.2) is 0 Å². The van der Waals surface area contributed by atoms with E-state index in [-0.39, 0.29) is 50.1 Å². The Hall–Kier alpha value is 0.396. The van der Waals surface area contributed by atoms with Gasteiger partial charge < -0.3 is 4.74 Å². The molecule has 0 aromatic heterocycles. The van der Waals surface area contributed by atoms with Gasteiger partial charge >= 0.3 is 0 Å². The fourth-order valence-electron chi connectivity index (χ4n) is 1.06. The quantitative estimate of drug-likeness (QED) is 0.623. The first-order valence-electron chi connectivity index (χ1n) is 3.35. The van der Waals surface area contributed by atoms with E-state index < -0.39 is 0 Å². The van der Waals surface area contributed by atoms with Crippen molar-refractivity contribution in [1.29, 1.82) is 0 Å². The van der Waals surface area contributed by atoms with Gasteiger partial charge in [-0.3, -0.25) is 0 Å². The first kappa shape index (κ1) is 12.4. The summed E-state index contributed by atoms with van der Waals surface area (Å²) in [5.74, 6) is 0.991. The van der Waals surface area contributed by atoms with E-state index in [2.05, 4.69) is 6.08 Å². The maximum Gasteiger partial charge on any atom is 0.187 e. The maximum atomic E-state index is 5.34. The zero-order chi connectivity index (χ0) is 6.81. The predicted octanol–water partition coefficient (Wildman–Crippen LogP) is 0.906. The summed E-state index contributed by atoms with van der Waals surface area (Å²) in [6, 6.07) is 8.03. The number of fused-ring (bicyclic) bond motifs is 1. The molecule has 0 N–H and O–H groups in total. The molecule has 1 aromatic rings. The molecule has 0 unspecified atom stereocenters. The molecule has 0 saturated carbocycles. The van der Waals surface area contributed by atoms with Gasteiger partial charge in [-0.1, -0.05) is 24.3 Å². The minimum atomic E-state index is 0. The smallest absolute Gasteiger partial charge is 0.187 e. The van der Waals surface area contributed by atoms with Crippen molar-refractivity contribution >= 4 is 23.4 Å². The average molecular weight is 251 g/mol. The van der Waals surface area contributed by atoms with Gasteiger partial charge in [0.15, 0.2) is 17.4 Å². The second kappa shape index (κ2) is 5.94. The van der Waals surface area contributed by atoms with Crippen LogP contribution >= 0.6 is 0 Å². The molecule has 0 amide bonds. The van der Waals surface area contributed by atoms with Crippen molar-refractivity contribution in [2.24, 2.45) is 0 Å². The first-order chi connectivity index (χ1) is 4.97. The number of para-hydroxylation sites is 1. The monoisotopic (exact) mass is 251 g/mol. The summed E-state index contributed by atoms with van der Waals surface area (Å²) in [4.78, 5) is 0. The van der Waals surface area contributed by atoms with Crippen LogP contribution in [0.3, 0.4) is 0 Å². The van der Waals surface area contributed by atoms with Gasteiger partial charge in [0, 0.05) is 38.3 Å². The molecule has 2 rings (SSSR count). The molecule has 12 heavy (non-hydrogen) atoms. The molecule has 1 radical (unpaired) electrons. The first-order valence-corrected chi connectivity index (χ1v) is 3.35. The molecule has 0 atom stereocenters. The number of benzene rings is 1. The van der Waals surface area contributed by atoms with Crippen molar-refractivity contribution in [1.82, 2.24) is 0 Å². The van der Waals surface area contributed by atoms with E-state index in [0.29, 0.717) is 6.61 Å². The number of rotatable bonds is 0. The van der Waals surface area contributed by atoms with Crippen LogP contribution in [-0.2, 0) is 32.7 Å². The summed E-state index contributed by atoms with van der Waals surface area (Å²) in [7, 11) is 0. The topological polar surface area (TPSA) is 9.23 Å². The van der Waals surface area contributed by atoms with Crippen molar-refractivity contribution in [3.8, 4) is 5.75 Å². The van der Waals surface area contributed by atoms with Crippen LogP contribution < -0.4 is 4.74 Å². The SMILES string of the molecule is C1=Cc2ccccc2OC1.[AlH3].[Y]. The molecular formula is C9H11AlOY. The standard InChI is InChI=1S/C9H8O.Al.Y.3H/c1-2-6-9-8(4-1)5-3-7-10-9;;;;;/h1-6H,7H2;;;;;. The summed E-state index contributed by atoms with van der Waals surface area (Å²) < 4.78 is 5.34.